The monoisotopic (exact) mass is 259 g/mol. The van der Waals surface area contributed by atoms with Gasteiger partial charge >= 0.3 is 6.18 Å². The van der Waals surface area contributed by atoms with E-state index in [4.69, 9.17) is 0 Å². The first-order valence-electron chi connectivity index (χ1n) is 5.30. The highest BCUT2D eigenvalue weighted by Crippen LogP contribution is 2.18. The van der Waals surface area contributed by atoms with Gasteiger partial charge in [-0.1, -0.05) is 0 Å². The van der Waals surface area contributed by atoms with Crippen LogP contribution in [0.4, 0.5) is 13.2 Å². The van der Waals surface area contributed by atoms with Crippen LogP contribution in [0.15, 0.2) is 12.4 Å². The number of aryl methyl sites for hydroxylation is 2. The zero-order valence-electron chi connectivity index (χ0n) is 9.94. The van der Waals surface area contributed by atoms with Gasteiger partial charge in [0.1, 0.15) is 24.0 Å². The van der Waals surface area contributed by atoms with Gasteiger partial charge < -0.3 is 4.57 Å². The molecule has 0 radical (unpaired) electrons. The number of hydrogen-bond acceptors (Lipinski definition) is 3. The van der Waals surface area contributed by atoms with Crippen molar-refractivity contribution in [1.29, 1.82) is 0 Å². The molecule has 5 nitrogen and oxygen atoms in total. The zero-order valence-corrected chi connectivity index (χ0v) is 9.94. The van der Waals surface area contributed by atoms with Gasteiger partial charge in [-0.15, -0.1) is 0 Å². The summed E-state index contributed by atoms with van der Waals surface area (Å²) in [6, 6.07) is 0. The molecule has 0 aromatic carbocycles. The van der Waals surface area contributed by atoms with E-state index in [2.05, 4.69) is 15.1 Å². The Kier molecular flexibility index (Phi) is 3.10. The first-order chi connectivity index (χ1) is 8.35. The molecule has 0 aliphatic rings. The van der Waals surface area contributed by atoms with E-state index in [1.54, 1.807) is 30.8 Å². The largest absolute Gasteiger partial charge is 0.408 e. The average molecular weight is 259 g/mol. The van der Waals surface area contributed by atoms with Crippen LogP contribution in [0, 0.1) is 13.8 Å². The number of halogens is 3. The molecule has 2 aromatic rings. The molecule has 0 saturated heterocycles. The fourth-order valence-electron chi connectivity index (χ4n) is 1.64. The van der Waals surface area contributed by atoms with Crippen molar-refractivity contribution in [1.82, 2.24) is 24.3 Å². The lowest BCUT2D eigenvalue weighted by Crippen LogP contribution is -2.21. The van der Waals surface area contributed by atoms with E-state index in [-0.39, 0.29) is 12.4 Å². The van der Waals surface area contributed by atoms with Crippen molar-refractivity contribution in [3.8, 4) is 0 Å². The Hall–Kier alpha value is -1.86. The van der Waals surface area contributed by atoms with E-state index in [1.807, 2.05) is 0 Å². The molecule has 0 N–H and O–H groups in total. The standard InChI is InChI=1S/C10H12F3N5/c1-7-15-9(5-17-4-3-14-8(17)2)18(16-7)6-10(11,12)13/h3-4H,5-6H2,1-2H3. The van der Waals surface area contributed by atoms with Crippen LogP contribution < -0.4 is 0 Å². The predicted molar refractivity (Wildman–Crippen MR) is 56.9 cm³/mol. The van der Waals surface area contributed by atoms with E-state index in [9.17, 15) is 13.2 Å². The summed E-state index contributed by atoms with van der Waals surface area (Å²) in [6.45, 7) is 2.44. The van der Waals surface area contributed by atoms with Crippen LogP contribution in [-0.4, -0.2) is 30.5 Å². The average Bonchev–Trinajstić information content (AvgIpc) is 2.73. The van der Waals surface area contributed by atoms with Gasteiger partial charge in [0.2, 0.25) is 0 Å². The third kappa shape index (κ3) is 2.88. The van der Waals surface area contributed by atoms with Gasteiger partial charge in [-0.25, -0.2) is 14.6 Å². The predicted octanol–water partition coefficient (Wildman–Crippen LogP) is 1.70. The maximum absolute atomic E-state index is 12.4. The maximum atomic E-state index is 12.4. The molecule has 8 heteroatoms. The van der Waals surface area contributed by atoms with Gasteiger partial charge in [0.25, 0.3) is 0 Å². The number of imidazole rings is 1. The van der Waals surface area contributed by atoms with Gasteiger partial charge in [-0.3, -0.25) is 0 Å². The molecule has 98 valence electrons. The summed E-state index contributed by atoms with van der Waals surface area (Å²) < 4.78 is 39.7. The van der Waals surface area contributed by atoms with Crippen molar-refractivity contribution >= 4 is 0 Å². The SMILES string of the molecule is Cc1nc(Cn2ccnc2C)n(CC(F)(F)F)n1. The molecule has 2 heterocycles. The van der Waals surface area contributed by atoms with E-state index >= 15 is 0 Å². The lowest BCUT2D eigenvalue weighted by atomic mass is 10.5. The molecule has 0 aliphatic heterocycles. The topological polar surface area (TPSA) is 48.5 Å². The molecular weight excluding hydrogens is 247 g/mol. The normalized spacial score (nSPS) is 12.1. The van der Waals surface area contributed by atoms with E-state index < -0.39 is 12.7 Å². The Morgan fingerprint density at radius 1 is 1.28 bits per heavy atom. The molecule has 2 aromatic heterocycles. The van der Waals surface area contributed by atoms with Gasteiger partial charge in [-0.05, 0) is 13.8 Å². The quantitative estimate of drug-likeness (QED) is 0.843. The number of rotatable bonds is 3. The molecule has 0 bridgehead atoms. The fourth-order valence-corrected chi connectivity index (χ4v) is 1.64. The second kappa shape index (κ2) is 4.43. The van der Waals surface area contributed by atoms with Gasteiger partial charge in [0, 0.05) is 12.4 Å². The third-order valence-corrected chi connectivity index (χ3v) is 2.42. The van der Waals surface area contributed by atoms with Crippen molar-refractivity contribution in [2.75, 3.05) is 0 Å². The summed E-state index contributed by atoms with van der Waals surface area (Å²) in [6.07, 6.45) is -1.02. The lowest BCUT2D eigenvalue weighted by Gasteiger charge is -2.09. The molecule has 0 unspecified atom stereocenters. The smallest absolute Gasteiger partial charge is 0.328 e. The van der Waals surface area contributed by atoms with Crippen LogP contribution in [0.2, 0.25) is 0 Å². The Bertz CT molecular complexity index is 540. The molecule has 0 amide bonds. The number of alkyl halides is 3. The molecule has 0 atom stereocenters. The second-order valence-corrected chi connectivity index (χ2v) is 3.95. The third-order valence-electron chi connectivity index (χ3n) is 2.42. The van der Waals surface area contributed by atoms with Crippen LogP contribution in [0.5, 0.6) is 0 Å². The van der Waals surface area contributed by atoms with Crippen molar-refractivity contribution < 1.29 is 13.2 Å². The summed E-state index contributed by atoms with van der Waals surface area (Å²) in [5.41, 5.74) is 0. The Labute approximate surface area is 101 Å². The van der Waals surface area contributed by atoms with Crippen LogP contribution in [-0.2, 0) is 13.1 Å². The highest BCUT2D eigenvalue weighted by Gasteiger charge is 2.30. The van der Waals surface area contributed by atoms with Gasteiger partial charge in [-0.2, -0.15) is 18.3 Å². The van der Waals surface area contributed by atoms with Gasteiger partial charge in [0.15, 0.2) is 0 Å². The first kappa shape index (κ1) is 12.6. The molecule has 18 heavy (non-hydrogen) atoms. The summed E-state index contributed by atoms with van der Waals surface area (Å²) in [4.78, 5) is 8.02. The van der Waals surface area contributed by atoms with E-state index in [0.29, 0.717) is 11.6 Å². The van der Waals surface area contributed by atoms with Crippen LogP contribution in [0.25, 0.3) is 0 Å². The minimum absolute atomic E-state index is 0.225. The van der Waals surface area contributed by atoms with Crippen molar-refractivity contribution in [3.05, 3.63) is 29.9 Å². The molecule has 0 fully saturated rings. The number of nitrogens with zero attached hydrogens (tertiary/aromatic N) is 5. The molecule has 0 aliphatic carbocycles. The summed E-state index contributed by atoms with van der Waals surface area (Å²) in [5.74, 6) is 1.31. The molecular formula is C10H12F3N5. The van der Waals surface area contributed by atoms with Crippen molar-refractivity contribution in [2.45, 2.75) is 33.1 Å². The van der Waals surface area contributed by atoms with Crippen LogP contribution in [0.3, 0.4) is 0 Å². The Morgan fingerprint density at radius 2 is 2.00 bits per heavy atom. The van der Waals surface area contributed by atoms with Crippen molar-refractivity contribution in [3.63, 3.8) is 0 Å². The first-order valence-corrected chi connectivity index (χ1v) is 5.30. The molecule has 0 spiro atoms. The second-order valence-electron chi connectivity index (χ2n) is 3.95. The highest BCUT2D eigenvalue weighted by atomic mass is 19.4. The highest BCUT2D eigenvalue weighted by molar-refractivity contribution is 4.97. The van der Waals surface area contributed by atoms with Crippen LogP contribution in [0.1, 0.15) is 17.5 Å². The number of hydrogen-bond donors (Lipinski definition) is 0. The summed E-state index contributed by atoms with van der Waals surface area (Å²) >= 11 is 0. The minimum atomic E-state index is -4.31. The number of aromatic nitrogens is 5. The fraction of sp³-hybridized carbons (Fsp3) is 0.500. The molecule has 0 saturated carbocycles. The Morgan fingerprint density at radius 3 is 2.56 bits per heavy atom. The van der Waals surface area contributed by atoms with Crippen molar-refractivity contribution in [2.24, 2.45) is 0 Å². The van der Waals surface area contributed by atoms with E-state index in [0.717, 1.165) is 4.68 Å². The molecule has 2 rings (SSSR count). The summed E-state index contributed by atoms with van der Waals surface area (Å²) in [7, 11) is 0. The zero-order chi connectivity index (χ0) is 13.3. The van der Waals surface area contributed by atoms with Crippen LogP contribution >= 0.6 is 0 Å². The van der Waals surface area contributed by atoms with Gasteiger partial charge in [0.05, 0.1) is 6.54 Å². The maximum Gasteiger partial charge on any atom is 0.408 e. The summed E-state index contributed by atoms with van der Waals surface area (Å²) in [5, 5.41) is 3.76. The Balaban J connectivity index is 2.25. The van der Waals surface area contributed by atoms with E-state index in [1.165, 1.54) is 0 Å². The minimum Gasteiger partial charge on any atom is -0.328 e. The lowest BCUT2D eigenvalue weighted by molar-refractivity contribution is -0.143.